The van der Waals surface area contributed by atoms with Crippen molar-refractivity contribution in [1.29, 1.82) is 0 Å². The Morgan fingerprint density at radius 3 is 2.62 bits per heavy atom. The summed E-state index contributed by atoms with van der Waals surface area (Å²) in [6, 6.07) is 7.21. The molecule has 2 nitrogen and oxygen atoms in total. The highest BCUT2D eigenvalue weighted by atomic mass is 16.5. The van der Waals surface area contributed by atoms with E-state index in [2.05, 4.69) is 23.5 Å². The van der Waals surface area contributed by atoms with Crippen LogP contribution in [0.4, 0.5) is 0 Å². The molecule has 0 aromatic heterocycles. The summed E-state index contributed by atoms with van der Waals surface area (Å²) in [6.07, 6.45) is 11.9. The SMILES string of the molecule is COCCNCCCCCCc1ccc2c(c1)CCCC2. The van der Waals surface area contributed by atoms with Gasteiger partial charge < -0.3 is 10.1 Å². The second-order valence-electron chi connectivity index (χ2n) is 6.22. The third-order valence-electron chi connectivity index (χ3n) is 4.46. The fraction of sp³-hybridized carbons (Fsp3) is 0.684. The van der Waals surface area contributed by atoms with Crippen molar-refractivity contribution in [3.8, 4) is 0 Å². The first kappa shape index (κ1) is 16.5. The van der Waals surface area contributed by atoms with Gasteiger partial charge in [-0.3, -0.25) is 0 Å². The monoisotopic (exact) mass is 289 g/mol. The third-order valence-corrected chi connectivity index (χ3v) is 4.46. The summed E-state index contributed by atoms with van der Waals surface area (Å²) in [6.45, 7) is 2.92. The molecular formula is C19H31NO. The van der Waals surface area contributed by atoms with Crippen LogP contribution in [0.2, 0.25) is 0 Å². The highest BCUT2D eigenvalue weighted by Crippen LogP contribution is 2.23. The van der Waals surface area contributed by atoms with E-state index in [9.17, 15) is 0 Å². The van der Waals surface area contributed by atoms with Crippen LogP contribution < -0.4 is 5.32 Å². The average molecular weight is 289 g/mol. The molecule has 0 saturated carbocycles. The van der Waals surface area contributed by atoms with Crippen LogP contribution in [-0.2, 0) is 24.0 Å². The average Bonchev–Trinajstić information content (AvgIpc) is 2.53. The Bertz CT molecular complexity index is 403. The molecular weight excluding hydrogens is 258 g/mol. The van der Waals surface area contributed by atoms with Gasteiger partial charge in [-0.25, -0.2) is 0 Å². The highest BCUT2D eigenvalue weighted by molar-refractivity contribution is 5.33. The standard InChI is InChI=1S/C19H31NO/c1-21-15-14-20-13-7-3-2-4-8-17-11-12-18-9-5-6-10-19(18)16-17/h11-12,16,20H,2-10,13-15H2,1H3. The molecule has 0 fully saturated rings. The van der Waals surface area contributed by atoms with Crippen molar-refractivity contribution in [1.82, 2.24) is 5.32 Å². The Morgan fingerprint density at radius 1 is 0.952 bits per heavy atom. The van der Waals surface area contributed by atoms with Gasteiger partial charge in [-0.2, -0.15) is 0 Å². The number of rotatable bonds is 10. The Balaban J connectivity index is 1.54. The smallest absolute Gasteiger partial charge is 0.0587 e. The minimum absolute atomic E-state index is 0.818. The summed E-state index contributed by atoms with van der Waals surface area (Å²) < 4.78 is 5.01. The molecule has 2 rings (SSSR count). The fourth-order valence-electron chi connectivity index (χ4n) is 3.17. The zero-order valence-electron chi connectivity index (χ0n) is 13.6. The van der Waals surface area contributed by atoms with E-state index in [1.807, 2.05) is 0 Å². The molecule has 0 aliphatic heterocycles. The van der Waals surface area contributed by atoms with Crippen LogP contribution in [0.5, 0.6) is 0 Å². The molecule has 0 saturated heterocycles. The van der Waals surface area contributed by atoms with Gasteiger partial charge in [-0.1, -0.05) is 31.0 Å². The molecule has 0 unspecified atom stereocenters. The van der Waals surface area contributed by atoms with Gasteiger partial charge in [-0.05, 0) is 68.2 Å². The zero-order chi connectivity index (χ0) is 14.8. The molecule has 1 aliphatic rings. The van der Waals surface area contributed by atoms with Crippen molar-refractivity contribution in [3.63, 3.8) is 0 Å². The molecule has 1 aromatic carbocycles. The normalized spacial score (nSPS) is 14.1. The number of fused-ring (bicyclic) bond motifs is 1. The van der Waals surface area contributed by atoms with E-state index in [0.29, 0.717) is 0 Å². The Kier molecular flexibility index (Phi) is 7.83. The van der Waals surface area contributed by atoms with Crippen LogP contribution in [0.1, 0.15) is 55.2 Å². The van der Waals surface area contributed by atoms with E-state index < -0.39 is 0 Å². The molecule has 0 spiro atoms. The molecule has 0 radical (unpaired) electrons. The summed E-state index contributed by atoms with van der Waals surface area (Å²) >= 11 is 0. The first-order valence-corrected chi connectivity index (χ1v) is 8.70. The first-order chi connectivity index (χ1) is 10.4. The third kappa shape index (κ3) is 6.19. The summed E-state index contributed by atoms with van der Waals surface area (Å²) in [4.78, 5) is 0. The van der Waals surface area contributed by atoms with E-state index in [1.165, 1.54) is 57.8 Å². The predicted molar refractivity (Wildman–Crippen MR) is 90.0 cm³/mol. The molecule has 0 amide bonds. The van der Waals surface area contributed by atoms with Gasteiger partial charge in [0.15, 0.2) is 0 Å². The molecule has 1 aliphatic carbocycles. The topological polar surface area (TPSA) is 21.3 Å². The quantitative estimate of drug-likeness (QED) is 0.660. The lowest BCUT2D eigenvalue weighted by atomic mass is 9.89. The molecule has 21 heavy (non-hydrogen) atoms. The molecule has 0 atom stereocenters. The molecule has 118 valence electrons. The maximum atomic E-state index is 5.01. The fourth-order valence-corrected chi connectivity index (χ4v) is 3.17. The number of aryl methyl sites for hydroxylation is 3. The summed E-state index contributed by atoms with van der Waals surface area (Å²) in [5.74, 6) is 0. The number of hydrogen-bond acceptors (Lipinski definition) is 2. The lowest BCUT2D eigenvalue weighted by Gasteiger charge is -2.16. The van der Waals surface area contributed by atoms with Crippen molar-refractivity contribution >= 4 is 0 Å². The number of methoxy groups -OCH3 is 1. The number of benzene rings is 1. The lowest BCUT2D eigenvalue weighted by molar-refractivity contribution is 0.199. The van der Waals surface area contributed by atoms with Crippen molar-refractivity contribution in [2.45, 2.75) is 57.8 Å². The number of unbranched alkanes of at least 4 members (excludes halogenated alkanes) is 3. The van der Waals surface area contributed by atoms with Crippen molar-refractivity contribution in [3.05, 3.63) is 34.9 Å². The highest BCUT2D eigenvalue weighted by Gasteiger charge is 2.09. The number of ether oxygens (including phenoxy) is 1. The van der Waals surface area contributed by atoms with Crippen LogP contribution >= 0.6 is 0 Å². The Hall–Kier alpha value is -0.860. The van der Waals surface area contributed by atoms with Gasteiger partial charge in [0.2, 0.25) is 0 Å². The summed E-state index contributed by atoms with van der Waals surface area (Å²) in [7, 11) is 1.75. The Labute approximate surface area is 130 Å². The van der Waals surface area contributed by atoms with Gasteiger partial charge in [-0.15, -0.1) is 0 Å². The minimum Gasteiger partial charge on any atom is -0.383 e. The second kappa shape index (κ2) is 9.97. The van der Waals surface area contributed by atoms with Crippen molar-refractivity contribution in [2.75, 3.05) is 26.8 Å². The van der Waals surface area contributed by atoms with E-state index >= 15 is 0 Å². The zero-order valence-corrected chi connectivity index (χ0v) is 13.6. The number of nitrogens with one attached hydrogen (secondary N) is 1. The summed E-state index contributed by atoms with van der Waals surface area (Å²) in [5.41, 5.74) is 4.78. The maximum Gasteiger partial charge on any atom is 0.0587 e. The first-order valence-electron chi connectivity index (χ1n) is 8.70. The van der Waals surface area contributed by atoms with E-state index in [-0.39, 0.29) is 0 Å². The van der Waals surface area contributed by atoms with Gasteiger partial charge in [0.25, 0.3) is 0 Å². The van der Waals surface area contributed by atoms with Gasteiger partial charge in [0.05, 0.1) is 6.61 Å². The molecule has 1 N–H and O–H groups in total. The Morgan fingerprint density at radius 2 is 1.76 bits per heavy atom. The van der Waals surface area contributed by atoms with Crippen LogP contribution in [0.3, 0.4) is 0 Å². The van der Waals surface area contributed by atoms with Crippen molar-refractivity contribution in [2.24, 2.45) is 0 Å². The predicted octanol–water partition coefficient (Wildman–Crippen LogP) is 3.90. The second-order valence-corrected chi connectivity index (χ2v) is 6.22. The van der Waals surface area contributed by atoms with Crippen LogP contribution in [0, 0.1) is 0 Å². The van der Waals surface area contributed by atoms with Crippen LogP contribution in [-0.4, -0.2) is 26.8 Å². The molecule has 1 aromatic rings. The van der Waals surface area contributed by atoms with E-state index in [4.69, 9.17) is 4.74 Å². The van der Waals surface area contributed by atoms with E-state index in [0.717, 1.165) is 19.7 Å². The van der Waals surface area contributed by atoms with Gasteiger partial charge >= 0.3 is 0 Å². The number of hydrogen-bond donors (Lipinski definition) is 1. The maximum absolute atomic E-state index is 5.01. The largest absolute Gasteiger partial charge is 0.383 e. The minimum atomic E-state index is 0.818. The molecule has 0 heterocycles. The summed E-state index contributed by atoms with van der Waals surface area (Å²) in [5, 5.41) is 3.40. The lowest BCUT2D eigenvalue weighted by Crippen LogP contribution is -2.20. The van der Waals surface area contributed by atoms with Gasteiger partial charge in [0.1, 0.15) is 0 Å². The van der Waals surface area contributed by atoms with Crippen LogP contribution in [0.15, 0.2) is 18.2 Å². The van der Waals surface area contributed by atoms with Crippen molar-refractivity contribution < 1.29 is 4.74 Å². The van der Waals surface area contributed by atoms with E-state index in [1.54, 1.807) is 23.8 Å². The van der Waals surface area contributed by atoms with Crippen LogP contribution in [0.25, 0.3) is 0 Å². The molecule has 0 bridgehead atoms. The van der Waals surface area contributed by atoms with Gasteiger partial charge in [0, 0.05) is 13.7 Å². The molecule has 2 heteroatoms.